The minimum absolute atomic E-state index is 1.03. The second kappa shape index (κ2) is 2.74. The van der Waals surface area contributed by atoms with Crippen LogP contribution in [-0.2, 0) is 0 Å². The van der Waals surface area contributed by atoms with Gasteiger partial charge in [0, 0.05) is 0 Å². The molecule has 5 unspecified atom stereocenters. The molecule has 0 amide bonds. The van der Waals surface area contributed by atoms with E-state index in [0.717, 1.165) is 17.8 Å². The lowest BCUT2D eigenvalue weighted by Gasteiger charge is -2.41. The van der Waals surface area contributed by atoms with E-state index in [0.29, 0.717) is 0 Å². The Hall–Kier alpha value is 0. The predicted molar refractivity (Wildman–Crippen MR) is 55.4 cm³/mol. The van der Waals surface area contributed by atoms with Crippen molar-refractivity contribution in [3.05, 3.63) is 0 Å². The van der Waals surface area contributed by atoms with Crippen LogP contribution in [0.2, 0.25) is 0 Å². The summed E-state index contributed by atoms with van der Waals surface area (Å²) in [5, 5.41) is 0. The molecule has 5 atom stereocenters. The fourth-order valence-corrected chi connectivity index (χ4v) is 3.52. The molecule has 74 valence electrons. The van der Waals surface area contributed by atoms with E-state index in [2.05, 4.69) is 13.8 Å². The van der Waals surface area contributed by atoms with Gasteiger partial charge in [0.2, 0.25) is 0 Å². The topological polar surface area (TPSA) is 0 Å². The van der Waals surface area contributed by atoms with Gasteiger partial charge in [-0.25, -0.2) is 0 Å². The van der Waals surface area contributed by atoms with Crippen molar-refractivity contribution in [1.82, 2.24) is 0 Å². The number of hydrogen-bond acceptors (Lipinski definition) is 0. The summed E-state index contributed by atoms with van der Waals surface area (Å²) >= 11 is 0. The van der Waals surface area contributed by atoms with Crippen LogP contribution in [0.1, 0.15) is 46.0 Å². The van der Waals surface area contributed by atoms with Crippen LogP contribution in [-0.4, -0.2) is 0 Å². The Kier molecular flexibility index (Phi) is 1.76. The van der Waals surface area contributed by atoms with Crippen LogP contribution in [0.25, 0.3) is 0 Å². The van der Waals surface area contributed by atoms with Crippen LogP contribution in [0.5, 0.6) is 0 Å². The third-order valence-corrected chi connectivity index (χ3v) is 5.13. The lowest BCUT2D eigenvalue weighted by molar-refractivity contribution is 0.0880. The summed E-state index contributed by atoms with van der Waals surface area (Å²) < 4.78 is 0. The molecule has 0 heterocycles. The van der Waals surface area contributed by atoms with Crippen LogP contribution in [0.4, 0.5) is 0 Å². The van der Waals surface area contributed by atoms with Gasteiger partial charge >= 0.3 is 0 Å². The molecule has 0 N–H and O–H groups in total. The van der Waals surface area contributed by atoms with E-state index in [4.69, 9.17) is 0 Å². The van der Waals surface area contributed by atoms with E-state index in [1.54, 1.807) is 25.7 Å². The van der Waals surface area contributed by atoms with Crippen molar-refractivity contribution in [2.24, 2.45) is 35.5 Å². The Morgan fingerprint density at radius 2 is 1.77 bits per heavy atom. The average Bonchev–Trinajstić information content (AvgIpc) is 2.96. The molecule has 3 aliphatic carbocycles. The van der Waals surface area contributed by atoms with Crippen LogP contribution in [0.15, 0.2) is 0 Å². The summed E-state index contributed by atoms with van der Waals surface area (Å²) in [6, 6.07) is 0. The molecule has 13 heavy (non-hydrogen) atoms. The van der Waals surface area contributed by atoms with Gasteiger partial charge in [-0.1, -0.05) is 13.8 Å². The third-order valence-electron chi connectivity index (χ3n) is 5.13. The Labute approximate surface area is 82.1 Å². The first kappa shape index (κ1) is 8.32. The maximum absolute atomic E-state index is 2.47. The van der Waals surface area contributed by atoms with Crippen molar-refractivity contribution in [2.45, 2.75) is 46.0 Å². The average molecular weight is 178 g/mol. The summed E-state index contributed by atoms with van der Waals surface area (Å²) in [4.78, 5) is 0. The van der Waals surface area contributed by atoms with Gasteiger partial charge in [-0.2, -0.15) is 0 Å². The fourth-order valence-electron chi connectivity index (χ4n) is 3.52. The lowest BCUT2D eigenvalue weighted by atomic mass is 9.64. The smallest absolute Gasteiger partial charge is 0.0354 e. The molecule has 0 heteroatoms. The molecule has 0 bridgehead atoms. The van der Waals surface area contributed by atoms with E-state index < -0.39 is 0 Å². The Balaban J connectivity index is 1.44. The monoisotopic (exact) mass is 178 g/mol. The molecule has 0 radical (unpaired) electrons. The number of hydrogen-bond donors (Lipinski definition) is 0. The van der Waals surface area contributed by atoms with E-state index in [1.165, 1.54) is 24.2 Å². The minimum Gasteiger partial charge on any atom is -0.0622 e. The van der Waals surface area contributed by atoms with Gasteiger partial charge in [-0.3, -0.25) is 0 Å². The van der Waals surface area contributed by atoms with Gasteiger partial charge < -0.3 is 0 Å². The summed E-state index contributed by atoms with van der Waals surface area (Å²) in [6.45, 7) is 4.89. The van der Waals surface area contributed by atoms with Gasteiger partial charge in [0.15, 0.2) is 0 Å². The van der Waals surface area contributed by atoms with Gasteiger partial charge in [0.25, 0.3) is 0 Å². The van der Waals surface area contributed by atoms with Gasteiger partial charge in [-0.15, -0.1) is 0 Å². The van der Waals surface area contributed by atoms with E-state index in [-0.39, 0.29) is 0 Å². The van der Waals surface area contributed by atoms with Crippen LogP contribution in [0, 0.1) is 35.5 Å². The summed E-state index contributed by atoms with van der Waals surface area (Å²) in [5.41, 5.74) is 0. The van der Waals surface area contributed by atoms with Gasteiger partial charge in [0.05, 0.1) is 0 Å². The summed E-state index contributed by atoms with van der Waals surface area (Å²) in [5.74, 6) is 6.75. The Morgan fingerprint density at radius 3 is 2.31 bits per heavy atom. The highest BCUT2D eigenvalue weighted by Gasteiger charge is 2.49. The molecule has 3 rings (SSSR count). The van der Waals surface area contributed by atoms with Crippen molar-refractivity contribution in [3.63, 3.8) is 0 Å². The fraction of sp³-hybridized carbons (Fsp3) is 1.00. The molecular formula is C13H22. The first-order chi connectivity index (χ1) is 6.25. The van der Waals surface area contributed by atoms with Crippen molar-refractivity contribution in [1.29, 1.82) is 0 Å². The Morgan fingerprint density at radius 1 is 1.00 bits per heavy atom. The van der Waals surface area contributed by atoms with Crippen molar-refractivity contribution < 1.29 is 0 Å². The Bertz CT molecular complexity index is 204. The molecule has 3 fully saturated rings. The van der Waals surface area contributed by atoms with Gasteiger partial charge in [0.1, 0.15) is 0 Å². The van der Waals surface area contributed by atoms with Crippen LogP contribution in [0.3, 0.4) is 0 Å². The van der Waals surface area contributed by atoms with E-state index in [1.807, 2.05) is 0 Å². The second-order valence-corrected chi connectivity index (χ2v) is 6.06. The van der Waals surface area contributed by atoms with Crippen molar-refractivity contribution >= 4 is 0 Å². The highest BCUT2D eigenvalue weighted by molar-refractivity contribution is 4.99. The molecule has 0 aliphatic heterocycles. The van der Waals surface area contributed by atoms with Crippen LogP contribution >= 0.6 is 0 Å². The highest BCUT2D eigenvalue weighted by atomic mass is 14.5. The highest BCUT2D eigenvalue weighted by Crippen LogP contribution is 2.58. The summed E-state index contributed by atoms with van der Waals surface area (Å²) in [7, 11) is 0. The standard InChI is InChI=1S/C13H22/c1-8-5-11(9(8)2)6-12-7-13(12)10-3-4-10/h8-13H,3-7H2,1-2H3. The molecule has 0 aromatic rings. The maximum atomic E-state index is 2.47. The molecule has 0 saturated heterocycles. The lowest BCUT2D eigenvalue weighted by Crippen LogP contribution is -2.32. The minimum atomic E-state index is 1.03. The first-order valence-electron chi connectivity index (χ1n) is 6.25. The third kappa shape index (κ3) is 1.43. The largest absolute Gasteiger partial charge is 0.0622 e. The van der Waals surface area contributed by atoms with Crippen molar-refractivity contribution in [2.75, 3.05) is 0 Å². The zero-order valence-corrected chi connectivity index (χ0v) is 9.00. The van der Waals surface area contributed by atoms with Gasteiger partial charge in [-0.05, 0) is 67.6 Å². The normalized spacial score (nSPS) is 54.5. The molecule has 0 spiro atoms. The van der Waals surface area contributed by atoms with E-state index in [9.17, 15) is 0 Å². The summed E-state index contributed by atoms with van der Waals surface area (Å²) in [6.07, 6.45) is 7.86. The second-order valence-electron chi connectivity index (χ2n) is 6.06. The van der Waals surface area contributed by atoms with Crippen molar-refractivity contribution in [3.8, 4) is 0 Å². The molecule has 3 aliphatic rings. The molecule has 0 nitrogen and oxygen atoms in total. The SMILES string of the molecule is CC1CC(CC2CC2C2CC2)C1C. The first-order valence-corrected chi connectivity index (χ1v) is 6.25. The number of rotatable bonds is 3. The van der Waals surface area contributed by atoms with Crippen LogP contribution < -0.4 is 0 Å². The van der Waals surface area contributed by atoms with E-state index >= 15 is 0 Å². The zero-order chi connectivity index (χ0) is 9.00. The predicted octanol–water partition coefficient (Wildman–Crippen LogP) is 3.71. The zero-order valence-electron chi connectivity index (χ0n) is 9.00. The molecule has 0 aromatic heterocycles. The molecule has 3 saturated carbocycles. The quantitative estimate of drug-likeness (QED) is 0.618. The maximum Gasteiger partial charge on any atom is -0.0354 e. The molecular weight excluding hydrogens is 156 g/mol. The molecule has 0 aromatic carbocycles.